The zero-order valence-electron chi connectivity index (χ0n) is 7.12. The molecular formula is C8H8BF3O2. The lowest BCUT2D eigenvalue weighted by atomic mass is 9.79. The second-order valence-electron chi connectivity index (χ2n) is 2.84. The molecule has 0 fully saturated rings. The molecule has 0 aromatic rings. The number of halogens is 3. The fourth-order valence-corrected chi connectivity index (χ4v) is 1.02. The third-order valence-corrected chi connectivity index (χ3v) is 1.79. The Morgan fingerprint density at radius 1 is 1.21 bits per heavy atom. The quantitative estimate of drug-likeness (QED) is 0.633. The van der Waals surface area contributed by atoms with E-state index in [1.165, 1.54) is 12.2 Å². The molecule has 2 N–H and O–H groups in total. The summed E-state index contributed by atoms with van der Waals surface area (Å²) in [6.45, 7) is 0. The van der Waals surface area contributed by atoms with Crippen LogP contribution in [-0.2, 0) is 0 Å². The molecule has 0 bridgehead atoms. The summed E-state index contributed by atoms with van der Waals surface area (Å²) in [7, 11) is -1.74. The Morgan fingerprint density at radius 3 is 2.36 bits per heavy atom. The van der Waals surface area contributed by atoms with Crippen molar-refractivity contribution >= 4 is 7.12 Å². The van der Waals surface area contributed by atoms with Crippen molar-refractivity contribution in [3.8, 4) is 0 Å². The molecule has 2 nitrogen and oxygen atoms in total. The first-order chi connectivity index (χ1) is 6.41. The molecule has 0 aromatic heterocycles. The molecule has 0 heterocycles. The molecule has 0 saturated heterocycles. The highest BCUT2D eigenvalue weighted by atomic mass is 19.4. The fraction of sp³-hybridized carbons (Fsp3) is 0.250. The van der Waals surface area contributed by atoms with Crippen LogP contribution in [0.2, 0.25) is 0 Å². The Hall–Kier alpha value is -1.01. The molecule has 0 radical (unpaired) electrons. The molecule has 1 aliphatic carbocycles. The van der Waals surface area contributed by atoms with Crippen molar-refractivity contribution in [3.63, 3.8) is 0 Å². The van der Waals surface area contributed by atoms with E-state index in [1.807, 2.05) is 0 Å². The Morgan fingerprint density at radius 2 is 1.86 bits per heavy atom. The van der Waals surface area contributed by atoms with Gasteiger partial charge < -0.3 is 10.0 Å². The van der Waals surface area contributed by atoms with Gasteiger partial charge in [0.2, 0.25) is 0 Å². The van der Waals surface area contributed by atoms with Crippen LogP contribution in [0.5, 0.6) is 0 Å². The van der Waals surface area contributed by atoms with Gasteiger partial charge in [0.05, 0.1) is 0 Å². The van der Waals surface area contributed by atoms with Crippen molar-refractivity contribution in [2.75, 3.05) is 0 Å². The summed E-state index contributed by atoms with van der Waals surface area (Å²) >= 11 is 0. The first-order valence-corrected chi connectivity index (χ1v) is 3.92. The second-order valence-corrected chi connectivity index (χ2v) is 2.84. The van der Waals surface area contributed by atoms with Gasteiger partial charge in [0.15, 0.2) is 0 Å². The molecule has 14 heavy (non-hydrogen) atoms. The molecule has 0 amide bonds. The van der Waals surface area contributed by atoms with E-state index in [2.05, 4.69) is 0 Å². The summed E-state index contributed by atoms with van der Waals surface area (Å²) in [4.78, 5) is 0. The summed E-state index contributed by atoms with van der Waals surface area (Å²) in [5.74, 6) is 0. The molecule has 1 rings (SSSR count). The van der Waals surface area contributed by atoms with Crippen LogP contribution in [0.15, 0.2) is 35.3 Å². The van der Waals surface area contributed by atoms with Crippen LogP contribution in [0.1, 0.15) is 6.42 Å². The van der Waals surface area contributed by atoms with E-state index in [1.54, 1.807) is 0 Å². The minimum atomic E-state index is -4.36. The average molecular weight is 204 g/mol. The van der Waals surface area contributed by atoms with E-state index in [9.17, 15) is 13.2 Å². The van der Waals surface area contributed by atoms with Gasteiger partial charge in [-0.3, -0.25) is 0 Å². The van der Waals surface area contributed by atoms with Crippen LogP contribution >= 0.6 is 0 Å². The van der Waals surface area contributed by atoms with Gasteiger partial charge in [-0.05, 0) is 11.9 Å². The Labute approximate surface area is 79.2 Å². The number of hydrogen-bond acceptors (Lipinski definition) is 2. The monoisotopic (exact) mass is 204 g/mol. The molecule has 0 aromatic carbocycles. The molecule has 6 heteroatoms. The predicted molar refractivity (Wildman–Crippen MR) is 46.2 cm³/mol. The van der Waals surface area contributed by atoms with Crippen LogP contribution < -0.4 is 0 Å². The van der Waals surface area contributed by atoms with Crippen molar-refractivity contribution in [2.24, 2.45) is 0 Å². The van der Waals surface area contributed by atoms with E-state index in [4.69, 9.17) is 10.0 Å². The molecule has 0 atom stereocenters. The Balaban J connectivity index is 2.92. The normalized spacial score (nSPS) is 17.2. The van der Waals surface area contributed by atoms with Crippen LogP contribution in [0.25, 0.3) is 0 Å². The van der Waals surface area contributed by atoms with E-state index < -0.39 is 18.9 Å². The molecule has 0 spiro atoms. The summed E-state index contributed by atoms with van der Waals surface area (Å²) in [5, 5.41) is 17.4. The lowest BCUT2D eigenvalue weighted by molar-refractivity contribution is -0.0928. The van der Waals surface area contributed by atoms with Crippen molar-refractivity contribution in [2.45, 2.75) is 12.6 Å². The molecule has 0 saturated carbocycles. The minimum Gasteiger partial charge on any atom is -0.423 e. The van der Waals surface area contributed by atoms with Crippen molar-refractivity contribution < 1.29 is 23.2 Å². The van der Waals surface area contributed by atoms with Crippen molar-refractivity contribution in [3.05, 3.63) is 35.3 Å². The average Bonchev–Trinajstić information content (AvgIpc) is 2.26. The zero-order chi connectivity index (χ0) is 10.8. The lowest BCUT2D eigenvalue weighted by Gasteiger charge is -2.07. The number of allylic oxidation sites excluding steroid dienone is 6. The molecular weight excluding hydrogens is 196 g/mol. The topological polar surface area (TPSA) is 40.5 Å². The van der Waals surface area contributed by atoms with E-state index >= 15 is 0 Å². The van der Waals surface area contributed by atoms with Crippen LogP contribution in [-0.4, -0.2) is 23.3 Å². The Bertz CT molecular complexity index is 302. The first kappa shape index (κ1) is 11.1. The van der Waals surface area contributed by atoms with Crippen molar-refractivity contribution in [1.82, 2.24) is 0 Å². The van der Waals surface area contributed by atoms with E-state index in [-0.39, 0.29) is 11.9 Å². The van der Waals surface area contributed by atoms with Gasteiger partial charge in [-0.1, -0.05) is 24.3 Å². The number of rotatable bonds is 1. The van der Waals surface area contributed by atoms with E-state index in [0.29, 0.717) is 0 Å². The summed E-state index contributed by atoms with van der Waals surface area (Å²) in [5.41, 5.74) is -0.659. The maximum atomic E-state index is 12.2. The summed E-state index contributed by atoms with van der Waals surface area (Å²) < 4.78 is 36.6. The second kappa shape index (κ2) is 4.02. The highest BCUT2D eigenvalue weighted by molar-refractivity contribution is 6.51. The van der Waals surface area contributed by atoms with Gasteiger partial charge in [0, 0.05) is 5.57 Å². The highest BCUT2D eigenvalue weighted by Gasteiger charge is 2.32. The molecule has 0 unspecified atom stereocenters. The smallest absolute Gasteiger partial charge is 0.423 e. The van der Waals surface area contributed by atoms with Crippen LogP contribution in [0, 0.1) is 0 Å². The zero-order valence-corrected chi connectivity index (χ0v) is 7.12. The van der Waals surface area contributed by atoms with Crippen LogP contribution in [0.4, 0.5) is 13.2 Å². The lowest BCUT2D eigenvalue weighted by Crippen LogP contribution is -2.13. The standard InChI is InChI=1S/C8H8BF3O2/c10-8(11,12)6-2-1-3-7(5-4-6)9(13)14/h1,3-5,13-14H,2H2. The SMILES string of the molecule is OB(O)C1=CC=C(C(F)(F)F)CC=C1. The highest BCUT2D eigenvalue weighted by Crippen LogP contribution is 2.29. The molecule has 0 aliphatic heterocycles. The maximum absolute atomic E-state index is 12.2. The summed E-state index contributed by atoms with van der Waals surface area (Å²) in [6, 6.07) is 0. The van der Waals surface area contributed by atoms with Crippen molar-refractivity contribution in [1.29, 1.82) is 0 Å². The van der Waals surface area contributed by atoms with Gasteiger partial charge in [0.25, 0.3) is 0 Å². The van der Waals surface area contributed by atoms with Gasteiger partial charge in [-0.25, -0.2) is 0 Å². The first-order valence-electron chi connectivity index (χ1n) is 3.92. The van der Waals surface area contributed by atoms with Gasteiger partial charge in [-0.15, -0.1) is 0 Å². The Kier molecular flexibility index (Phi) is 3.18. The predicted octanol–water partition coefficient (Wildman–Crippen LogP) is 1.37. The largest absolute Gasteiger partial charge is 0.488 e. The summed E-state index contributed by atoms with van der Waals surface area (Å²) in [6.07, 6.45) is -0.198. The molecule has 76 valence electrons. The van der Waals surface area contributed by atoms with Gasteiger partial charge >= 0.3 is 13.3 Å². The number of alkyl halides is 3. The van der Waals surface area contributed by atoms with Crippen LogP contribution in [0.3, 0.4) is 0 Å². The minimum absolute atomic E-state index is 0.0456. The number of hydrogen-bond donors (Lipinski definition) is 2. The maximum Gasteiger partial charge on any atom is 0.488 e. The third-order valence-electron chi connectivity index (χ3n) is 1.79. The van der Waals surface area contributed by atoms with Gasteiger partial charge in [0.1, 0.15) is 0 Å². The fourth-order valence-electron chi connectivity index (χ4n) is 1.02. The van der Waals surface area contributed by atoms with Gasteiger partial charge in [-0.2, -0.15) is 13.2 Å². The molecule has 1 aliphatic rings. The van der Waals surface area contributed by atoms with E-state index in [0.717, 1.165) is 12.2 Å². The third kappa shape index (κ3) is 2.75.